The maximum absolute atomic E-state index is 4.34. The van der Waals surface area contributed by atoms with Crippen LogP contribution < -0.4 is 4.90 Å². The highest BCUT2D eigenvalue weighted by atomic mass is 15.2. The van der Waals surface area contributed by atoms with E-state index in [4.69, 9.17) is 0 Å². The van der Waals surface area contributed by atoms with E-state index in [0.717, 1.165) is 24.6 Å². The Hall–Kier alpha value is -1.16. The van der Waals surface area contributed by atoms with Crippen molar-refractivity contribution < 1.29 is 0 Å². The van der Waals surface area contributed by atoms with Crippen molar-refractivity contribution in [3.05, 3.63) is 18.1 Å². The van der Waals surface area contributed by atoms with Gasteiger partial charge in [-0.1, -0.05) is 0 Å². The summed E-state index contributed by atoms with van der Waals surface area (Å²) in [7, 11) is 4.17. The fourth-order valence-corrected chi connectivity index (χ4v) is 1.54. The van der Waals surface area contributed by atoms with Crippen LogP contribution in [0.1, 0.15) is 19.5 Å². The van der Waals surface area contributed by atoms with Gasteiger partial charge in [0.15, 0.2) is 0 Å². The van der Waals surface area contributed by atoms with Crippen LogP contribution in [0.15, 0.2) is 12.4 Å². The van der Waals surface area contributed by atoms with Crippen molar-refractivity contribution >= 4 is 5.82 Å². The minimum absolute atomic E-state index is 0.453. The summed E-state index contributed by atoms with van der Waals surface area (Å²) in [5.41, 5.74) is 1.01. The number of nitrogens with zero attached hydrogens (tertiary/aromatic N) is 4. The molecule has 0 saturated heterocycles. The van der Waals surface area contributed by atoms with Crippen LogP contribution in [0.25, 0.3) is 0 Å². The summed E-state index contributed by atoms with van der Waals surface area (Å²) in [5, 5.41) is 0. The molecule has 4 nitrogen and oxygen atoms in total. The van der Waals surface area contributed by atoms with Crippen LogP contribution in [0.4, 0.5) is 5.82 Å². The summed E-state index contributed by atoms with van der Waals surface area (Å²) in [5.74, 6) is 1.02. The van der Waals surface area contributed by atoms with Crippen molar-refractivity contribution in [1.82, 2.24) is 14.9 Å². The van der Waals surface area contributed by atoms with Crippen molar-refractivity contribution in [3.8, 4) is 0 Å². The van der Waals surface area contributed by atoms with Crippen molar-refractivity contribution in [2.45, 2.75) is 26.8 Å². The van der Waals surface area contributed by atoms with Gasteiger partial charge in [0.25, 0.3) is 0 Å². The smallest absolute Gasteiger partial charge is 0.132 e. The zero-order valence-corrected chi connectivity index (χ0v) is 10.9. The van der Waals surface area contributed by atoms with E-state index in [1.165, 1.54) is 0 Å². The van der Waals surface area contributed by atoms with Gasteiger partial charge in [0, 0.05) is 30.9 Å². The molecule has 0 saturated carbocycles. The molecule has 0 fully saturated rings. The topological polar surface area (TPSA) is 32.3 Å². The lowest BCUT2D eigenvalue weighted by Gasteiger charge is -2.29. The Morgan fingerprint density at radius 2 is 1.88 bits per heavy atom. The molecule has 1 aromatic heterocycles. The van der Waals surface area contributed by atoms with Crippen molar-refractivity contribution in [2.24, 2.45) is 0 Å². The quantitative estimate of drug-likeness (QED) is 0.757. The number of hydrogen-bond acceptors (Lipinski definition) is 4. The molecule has 0 bridgehead atoms. The predicted octanol–water partition coefficient (Wildman–Crippen LogP) is 1.56. The van der Waals surface area contributed by atoms with Gasteiger partial charge in [0.05, 0.1) is 0 Å². The van der Waals surface area contributed by atoms with Crippen LogP contribution in [-0.2, 0) is 0 Å². The largest absolute Gasteiger partial charge is 0.353 e. The third-order valence-corrected chi connectivity index (χ3v) is 2.50. The van der Waals surface area contributed by atoms with Crippen molar-refractivity contribution in [3.63, 3.8) is 0 Å². The summed E-state index contributed by atoms with van der Waals surface area (Å²) in [6.45, 7) is 8.39. The fraction of sp³-hybridized carbons (Fsp3) is 0.667. The van der Waals surface area contributed by atoms with E-state index in [-0.39, 0.29) is 0 Å². The van der Waals surface area contributed by atoms with Gasteiger partial charge in [-0.15, -0.1) is 0 Å². The molecule has 1 aromatic rings. The molecule has 0 radical (unpaired) electrons. The van der Waals surface area contributed by atoms with E-state index in [1.54, 1.807) is 6.33 Å². The fourth-order valence-electron chi connectivity index (χ4n) is 1.54. The van der Waals surface area contributed by atoms with Gasteiger partial charge in [-0.05, 0) is 34.9 Å². The summed E-state index contributed by atoms with van der Waals surface area (Å²) in [6.07, 6.45) is 1.63. The van der Waals surface area contributed by atoms with Gasteiger partial charge in [0.2, 0.25) is 0 Å². The molecule has 16 heavy (non-hydrogen) atoms. The molecule has 0 aliphatic carbocycles. The van der Waals surface area contributed by atoms with Gasteiger partial charge < -0.3 is 9.80 Å². The van der Waals surface area contributed by atoms with Crippen LogP contribution in [0.5, 0.6) is 0 Å². The van der Waals surface area contributed by atoms with E-state index in [9.17, 15) is 0 Å². The molecule has 0 aliphatic heterocycles. The monoisotopic (exact) mass is 222 g/mol. The normalized spacial score (nSPS) is 11.2. The molecule has 0 unspecified atom stereocenters. The van der Waals surface area contributed by atoms with Crippen LogP contribution in [-0.4, -0.2) is 48.1 Å². The maximum atomic E-state index is 4.34. The second-order valence-corrected chi connectivity index (χ2v) is 4.61. The number of likely N-dealkylation sites (N-methyl/N-ethyl adjacent to an activating group) is 1. The zero-order valence-electron chi connectivity index (χ0n) is 10.9. The van der Waals surface area contributed by atoms with Gasteiger partial charge >= 0.3 is 0 Å². The van der Waals surface area contributed by atoms with Gasteiger partial charge in [0.1, 0.15) is 12.1 Å². The van der Waals surface area contributed by atoms with Crippen molar-refractivity contribution in [2.75, 3.05) is 32.1 Å². The summed E-state index contributed by atoms with van der Waals surface area (Å²) in [6, 6.07) is 2.49. The first-order valence-electron chi connectivity index (χ1n) is 5.70. The third-order valence-electron chi connectivity index (χ3n) is 2.50. The maximum Gasteiger partial charge on any atom is 0.132 e. The summed E-state index contributed by atoms with van der Waals surface area (Å²) < 4.78 is 0. The third kappa shape index (κ3) is 3.77. The first-order chi connectivity index (χ1) is 7.50. The van der Waals surface area contributed by atoms with E-state index in [2.05, 4.69) is 47.7 Å². The Morgan fingerprint density at radius 1 is 1.19 bits per heavy atom. The molecule has 0 amide bonds. The molecule has 1 rings (SSSR count). The van der Waals surface area contributed by atoms with Crippen LogP contribution in [0.3, 0.4) is 0 Å². The predicted molar refractivity (Wildman–Crippen MR) is 67.8 cm³/mol. The average Bonchev–Trinajstić information content (AvgIpc) is 2.17. The Labute approximate surface area is 98.3 Å². The highest BCUT2D eigenvalue weighted by molar-refractivity contribution is 5.39. The van der Waals surface area contributed by atoms with Crippen LogP contribution >= 0.6 is 0 Å². The van der Waals surface area contributed by atoms with Crippen LogP contribution in [0.2, 0.25) is 0 Å². The molecule has 0 aromatic carbocycles. The first kappa shape index (κ1) is 12.9. The molecule has 4 heteroatoms. The molecule has 0 atom stereocenters. The standard InChI is InChI=1S/C12H22N4/c1-10(2)16(7-6-15(4)5)12-8-11(3)13-9-14-12/h8-10H,6-7H2,1-5H3. The lowest BCUT2D eigenvalue weighted by atomic mass is 10.3. The highest BCUT2D eigenvalue weighted by Crippen LogP contribution is 2.13. The van der Waals surface area contributed by atoms with E-state index < -0.39 is 0 Å². The van der Waals surface area contributed by atoms with E-state index >= 15 is 0 Å². The van der Waals surface area contributed by atoms with E-state index in [1.807, 2.05) is 13.0 Å². The minimum Gasteiger partial charge on any atom is -0.353 e. The van der Waals surface area contributed by atoms with Gasteiger partial charge in [-0.3, -0.25) is 0 Å². The molecule has 90 valence electrons. The average molecular weight is 222 g/mol. The van der Waals surface area contributed by atoms with Crippen LogP contribution in [0, 0.1) is 6.92 Å². The second kappa shape index (κ2) is 5.80. The molecule has 0 aliphatic rings. The Bertz CT molecular complexity index is 323. The number of aryl methyl sites for hydroxylation is 1. The number of aromatic nitrogens is 2. The van der Waals surface area contributed by atoms with Crippen molar-refractivity contribution in [1.29, 1.82) is 0 Å². The van der Waals surface area contributed by atoms with E-state index in [0.29, 0.717) is 6.04 Å². The zero-order chi connectivity index (χ0) is 12.1. The summed E-state index contributed by atoms with van der Waals surface area (Å²) in [4.78, 5) is 12.9. The lowest BCUT2D eigenvalue weighted by Crippen LogP contribution is -2.37. The van der Waals surface area contributed by atoms with Gasteiger partial charge in [-0.2, -0.15) is 0 Å². The molecule has 0 spiro atoms. The first-order valence-corrected chi connectivity index (χ1v) is 5.70. The molecular formula is C12H22N4. The summed E-state index contributed by atoms with van der Waals surface area (Å²) >= 11 is 0. The number of hydrogen-bond donors (Lipinski definition) is 0. The lowest BCUT2D eigenvalue weighted by molar-refractivity contribution is 0.407. The molecule has 1 heterocycles. The SMILES string of the molecule is Cc1cc(N(CCN(C)C)C(C)C)ncn1. The number of rotatable bonds is 5. The molecular weight excluding hydrogens is 200 g/mol. The van der Waals surface area contributed by atoms with Gasteiger partial charge in [-0.25, -0.2) is 9.97 Å². The Balaban J connectivity index is 2.77. The number of anilines is 1. The minimum atomic E-state index is 0.453. The second-order valence-electron chi connectivity index (χ2n) is 4.61. The highest BCUT2D eigenvalue weighted by Gasteiger charge is 2.12. The Morgan fingerprint density at radius 3 is 2.38 bits per heavy atom. The Kier molecular flexibility index (Phi) is 4.68. The molecule has 0 N–H and O–H groups in total.